The van der Waals surface area contributed by atoms with E-state index in [9.17, 15) is 5.11 Å². The van der Waals surface area contributed by atoms with Crippen LogP contribution in [0, 0.1) is 0 Å². The summed E-state index contributed by atoms with van der Waals surface area (Å²) in [5.74, 6) is 1.44. The van der Waals surface area contributed by atoms with Gasteiger partial charge in [-0.3, -0.25) is 4.99 Å². The van der Waals surface area contributed by atoms with Crippen LogP contribution in [0.4, 0.5) is 0 Å². The molecule has 0 aliphatic heterocycles. The van der Waals surface area contributed by atoms with Crippen molar-refractivity contribution in [1.82, 2.24) is 10.6 Å². The van der Waals surface area contributed by atoms with Gasteiger partial charge in [0.2, 0.25) is 0 Å². The zero-order valence-corrected chi connectivity index (χ0v) is 14.8. The number of ether oxygens (including phenoxy) is 1. The van der Waals surface area contributed by atoms with Crippen molar-refractivity contribution in [2.45, 2.75) is 13.0 Å². The molecule has 0 fully saturated rings. The van der Waals surface area contributed by atoms with E-state index in [4.69, 9.17) is 4.74 Å². The van der Waals surface area contributed by atoms with Crippen molar-refractivity contribution in [2.75, 3.05) is 26.7 Å². The van der Waals surface area contributed by atoms with Crippen molar-refractivity contribution >= 4 is 29.9 Å². The summed E-state index contributed by atoms with van der Waals surface area (Å²) >= 11 is 0. The lowest BCUT2D eigenvalue weighted by atomic mass is 10.1. The van der Waals surface area contributed by atoms with Crippen LogP contribution in [-0.4, -0.2) is 37.8 Å². The van der Waals surface area contributed by atoms with Crippen molar-refractivity contribution in [2.24, 2.45) is 4.99 Å². The van der Waals surface area contributed by atoms with E-state index in [-0.39, 0.29) is 24.0 Å². The monoisotopic (exact) mass is 405 g/mol. The molecule has 0 aliphatic rings. The number of hydrogen-bond acceptors (Lipinski definition) is 3. The third-order valence-electron chi connectivity index (χ3n) is 2.68. The summed E-state index contributed by atoms with van der Waals surface area (Å²) in [6.45, 7) is 7.32. The van der Waals surface area contributed by atoms with E-state index in [1.165, 1.54) is 0 Å². The van der Waals surface area contributed by atoms with E-state index in [0.717, 1.165) is 17.9 Å². The summed E-state index contributed by atoms with van der Waals surface area (Å²) in [6, 6.07) is 7.32. The Morgan fingerprint density at radius 1 is 1.38 bits per heavy atom. The summed E-state index contributed by atoms with van der Waals surface area (Å²) in [6.07, 6.45) is 1.12. The first kappa shape index (κ1) is 19.7. The molecule has 5 nitrogen and oxygen atoms in total. The van der Waals surface area contributed by atoms with Gasteiger partial charge in [-0.15, -0.1) is 30.6 Å². The molecule has 0 bridgehead atoms. The molecule has 1 unspecified atom stereocenters. The molecule has 1 aromatic carbocycles. The molecule has 0 aromatic heterocycles. The third kappa shape index (κ3) is 7.33. The second-order valence-corrected chi connectivity index (χ2v) is 4.18. The van der Waals surface area contributed by atoms with E-state index < -0.39 is 6.10 Å². The Hall–Kier alpha value is -1.28. The fourth-order valence-corrected chi connectivity index (χ4v) is 1.62. The van der Waals surface area contributed by atoms with Gasteiger partial charge in [0.25, 0.3) is 0 Å². The second kappa shape index (κ2) is 11.4. The average Bonchev–Trinajstić information content (AvgIpc) is 2.49. The van der Waals surface area contributed by atoms with Crippen LogP contribution in [0.5, 0.6) is 5.75 Å². The van der Waals surface area contributed by atoms with E-state index in [1.807, 2.05) is 31.2 Å². The van der Waals surface area contributed by atoms with Gasteiger partial charge in [0.05, 0.1) is 19.8 Å². The minimum Gasteiger partial charge on any atom is -0.497 e. The molecule has 6 heteroatoms. The quantitative estimate of drug-likeness (QED) is 0.281. The first-order valence-corrected chi connectivity index (χ1v) is 6.66. The maximum Gasteiger partial charge on any atom is 0.191 e. The number of halogens is 1. The van der Waals surface area contributed by atoms with Gasteiger partial charge in [0.15, 0.2) is 5.96 Å². The van der Waals surface area contributed by atoms with E-state index in [1.54, 1.807) is 13.2 Å². The summed E-state index contributed by atoms with van der Waals surface area (Å²) in [4.78, 5) is 4.34. The number of guanidine groups is 1. The smallest absolute Gasteiger partial charge is 0.191 e. The third-order valence-corrected chi connectivity index (χ3v) is 2.68. The Labute approximate surface area is 143 Å². The molecule has 0 aliphatic carbocycles. The molecule has 0 saturated carbocycles. The number of rotatable bonds is 7. The summed E-state index contributed by atoms with van der Waals surface area (Å²) in [7, 11) is 1.61. The number of aliphatic hydroxyl groups excluding tert-OH is 1. The molecule has 0 amide bonds. The van der Waals surface area contributed by atoms with Gasteiger partial charge in [-0.25, -0.2) is 0 Å². The Balaban J connectivity index is 0.00000400. The van der Waals surface area contributed by atoms with Crippen LogP contribution >= 0.6 is 24.0 Å². The van der Waals surface area contributed by atoms with E-state index in [0.29, 0.717) is 19.0 Å². The highest BCUT2D eigenvalue weighted by molar-refractivity contribution is 14.0. The van der Waals surface area contributed by atoms with Crippen molar-refractivity contribution in [3.63, 3.8) is 0 Å². The zero-order valence-electron chi connectivity index (χ0n) is 12.5. The normalized spacial score (nSPS) is 12.0. The number of benzene rings is 1. The predicted octanol–water partition coefficient (Wildman–Crippen LogP) is 2.09. The van der Waals surface area contributed by atoms with Crippen LogP contribution in [0.1, 0.15) is 18.6 Å². The minimum atomic E-state index is -0.639. The highest BCUT2D eigenvalue weighted by Gasteiger charge is 2.07. The van der Waals surface area contributed by atoms with Crippen LogP contribution < -0.4 is 15.4 Å². The number of aliphatic hydroxyl groups is 1. The first-order valence-electron chi connectivity index (χ1n) is 6.66. The number of hydrogen-bond donors (Lipinski definition) is 3. The molecule has 1 atom stereocenters. The van der Waals surface area contributed by atoms with Crippen molar-refractivity contribution in [3.8, 4) is 5.75 Å². The second-order valence-electron chi connectivity index (χ2n) is 4.18. The Bertz CT molecular complexity index is 435. The van der Waals surface area contributed by atoms with Gasteiger partial charge in [-0.05, 0) is 24.6 Å². The molecule has 21 heavy (non-hydrogen) atoms. The van der Waals surface area contributed by atoms with Crippen LogP contribution in [0.3, 0.4) is 0 Å². The highest BCUT2D eigenvalue weighted by Crippen LogP contribution is 2.17. The molecule has 1 rings (SSSR count). The Kier molecular flexibility index (Phi) is 10.7. The fraction of sp³-hybridized carbons (Fsp3) is 0.400. The summed E-state index contributed by atoms with van der Waals surface area (Å²) in [5.41, 5.74) is 0.814. The van der Waals surface area contributed by atoms with E-state index >= 15 is 0 Å². The van der Waals surface area contributed by atoms with Crippen LogP contribution in [-0.2, 0) is 0 Å². The highest BCUT2D eigenvalue weighted by atomic mass is 127. The van der Waals surface area contributed by atoms with Gasteiger partial charge in [0.1, 0.15) is 5.75 Å². The SMILES string of the molecule is C=CCNC(=NCC(O)c1ccc(OC)cc1)NCC.I. The summed E-state index contributed by atoms with van der Waals surface area (Å²) < 4.78 is 5.08. The van der Waals surface area contributed by atoms with Crippen LogP contribution in [0.15, 0.2) is 41.9 Å². The predicted molar refractivity (Wildman–Crippen MR) is 97.5 cm³/mol. The molecule has 0 spiro atoms. The van der Waals surface area contributed by atoms with Crippen molar-refractivity contribution in [1.29, 1.82) is 0 Å². The maximum atomic E-state index is 10.1. The van der Waals surface area contributed by atoms with Crippen LogP contribution in [0.25, 0.3) is 0 Å². The van der Waals surface area contributed by atoms with Gasteiger partial charge in [0, 0.05) is 13.1 Å². The molecule has 1 aromatic rings. The number of nitrogens with one attached hydrogen (secondary N) is 2. The maximum absolute atomic E-state index is 10.1. The Morgan fingerprint density at radius 2 is 2.05 bits per heavy atom. The topological polar surface area (TPSA) is 65.9 Å². The fourth-order valence-electron chi connectivity index (χ4n) is 1.62. The van der Waals surface area contributed by atoms with Gasteiger partial charge in [-0.1, -0.05) is 18.2 Å². The first-order chi connectivity index (χ1) is 9.71. The standard InChI is InChI=1S/C15H23N3O2.HI/c1-4-10-17-15(16-5-2)18-11-14(19)12-6-8-13(20-3)9-7-12;/h4,6-9,14,19H,1,5,10-11H2,2-3H3,(H2,16,17,18);1H. The molecular formula is C15H24IN3O2. The number of aliphatic imine (C=N–C) groups is 1. The lowest BCUT2D eigenvalue weighted by Gasteiger charge is -2.12. The molecule has 0 saturated heterocycles. The van der Waals surface area contributed by atoms with E-state index in [2.05, 4.69) is 22.2 Å². The van der Waals surface area contributed by atoms with Gasteiger partial charge >= 0.3 is 0 Å². The van der Waals surface area contributed by atoms with Gasteiger partial charge < -0.3 is 20.5 Å². The van der Waals surface area contributed by atoms with Crippen LogP contribution in [0.2, 0.25) is 0 Å². The Morgan fingerprint density at radius 3 is 2.57 bits per heavy atom. The minimum absolute atomic E-state index is 0. The van der Waals surface area contributed by atoms with Crippen molar-refractivity contribution < 1.29 is 9.84 Å². The largest absolute Gasteiger partial charge is 0.497 e. The number of methoxy groups -OCH3 is 1. The zero-order chi connectivity index (χ0) is 14.8. The number of nitrogens with zero attached hydrogens (tertiary/aromatic N) is 1. The lowest BCUT2D eigenvalue weighted by molar-refractivity contribution is 0.187. The molecule has 0 heterocycles. The molecule has 3 N–H and O–H groups in total. The summed E-state index contributed by atoms with van der Waals surface area (Å²) in [5, 5.41) is 16.3. The lowest BCUT2D eigenvalue weighted by Crippen LogP contribution is -2.37. The molecule has 118 valence electrons. The molecule has 0 radical (unpaired) electrons. The van der Waals surface area contributed by atoms with Gasteiger partial charge in [-0.2, -0.15) is 0 Å². The average molecular weight is 405 g/mol. The van der Waals surface area contributed by atoms with Crippen molar-refractivity contribution in [3.05, 3.63) is 42.5 Å². The molecular weight excluding hydrogens is 381 g/mol.